The first-order valence-electron chi connectivity index (χ1n) is 7.16. The monoisotopic (exact) mass is 308 g/mol. The van der Waals surface area contributed by atoms with Gasteiger partial charge in [-0.3, -0.25) is 4.90 Å². The number of methoxy groups -OCH3 is 1. The lowest BCUT2D eigenvalue weighted by atomic mass is 10.1. The number of nitrogens with zero attached hydrogens (tertiary/aromatic N) is 2. The number of hydrogen-bond acceptors (Lipinski definition) is 3. The summed E-state index contributed by atoms with van der Waals surface area (Å²) in [6.07, 6.45) is -1.06. The van der Waals surface area contributed by atoms with Gasteiger partial charge >= 0.3 is 6.09 Å². The molecule has 2 aromatic carbocycles. The molecular formula is C18H16N2O3. The summed E-state index contributed by atoms with van der Waals surface area (Å²) in [6.45, 7) is 0.223. The zero-order chi connectivity index (χ0) is 16.2. The third-order valence-corrected chi connectivity index (χ3v) is 3.58. The van der Waals surface area contributed by atoms with Gasteiger partial charge in [0, 0.05) is 6.07 Å². The molecule has 1 N–H and O–H groups in total. The van der Waals surface area contributed by atoms with Crippen molar-refractivity contribution in [3.63, 3.8) is 0 Å². The smallest absolute Gasteiger partial charge is 0.413 e. The van der Waals surface area contributed by atoms with Crippen LogP contribution >= 0.6 is 0 Å². The number of pyridine rings is 1. The van der Waals surface area contributed by atoms with Crippen molar-refractivity contribution in [2.24, 2.45) is 0 Å². The van der Waals surface area contributed by atoms with Gasteiger partial charge in [0.1, 0.15) is 5.82 Å². The summed E-state index contributed by atoms with van der Waals surface area (Å²) < 4.78 is 5.06. The van der Waals surface area contributed by atoms with E-state index in [1.165, 1.54) is 12.0 Å². The van der Waals surface area contributed by atoms with E-state index < -0.39 is 6.09 Å². The van der Waals surface area contributed by atoms with Crippen molar-refractivity contribution in [2.75, 3.05) is 12.0 Å². The van der Waals surface area contributed by atoms with Gasteiger partial charge in [-0.15, -0.1) is 0 Å². The van der Waals surface area contributed by atoms with E-state index in [1.54, 1.807) is 18.2 Å². The Bertz CT molecular complexity index is 848. The molecule has 23 heavy (non-hydrogen) atoms. The summed E-state index contributed by atoms with van der Waals surface area (Å²) in [5.41, 5.74) is 0.899. The van der Waals surface area contributed by atoms with E-state index in [-0.39, 0.29) is 6.54 Å². The van der Waals surface area contributed by atoms with Gasteiger partial charge in [0.15, 0.2) is 0 Å². The van der Waals surface area contributed by atoms with Gasteiger partial charge < -0.3 is 9.84 Å². The van der Waals surface area contributed by atoms with E-state index in [0.717, 1.165) is 16.3 Å². The van der Waals surface area contributed by atoms with Gasteiger partial charge in [-0.05, 0) is 28.5 Å². The Morgan fingerprint density at radius 1 is 1.09 bits per heavy atom. The minimum Gasteiger partial charge on any atom is -0.481 e. The highest BCUT2D eigenvalue weighted by Gasteiger charge is 2.17. The van der Waals surface area contributed by atoms with Gasteiger partial charge in [0.25, 0.3) is 0 Å². The molecule has 0 aliphatic heterocycles. The Morgan fingerprint density at radius 2 is 1.87 bits per heavy atom. The molecule has 0 aliphatic carbocycles. The van der Waals surface area contributed by atoms with E-state index in [4.69, 9.17) is 4.74 Å². The van der Waals surface area contributed by atoms with Crippen molar-refractivity contribution >= 4 is 22.7 Å². The molecule has 0 spiro atoms. The first-order chi connectivity index (χ1) is 11.2. The number of carbonyl (C=O) groups is 1. The van der Waals surface area contributed by atoms with Gasteiger partial charge in [0.2, 0.25) is 5.88 Å². The maximum atomic E-state index is 11.6. The fourth-order valence-electron chi connectivity index (χ4n) is 2.43. The molecule has 3 rings (SSSR count). The van der Waals surface area contributed by atoms with Crippen molar-refractivity contribution < 1.29 is 14.6 Å². The number of anilines is 1. The van der Waals surface area contributed by atoms with Crippen LogP contribution in [0.4, 0.5) is 10.6 Å². The van der Waals surface area contributed by atoms with Crippen molar-refractivity contribution in [3.8, 4) is 5.88 Å². The molecule has 0 radical (unpaired) electrons. The molecule has 0 aliphatic rings. The quantitative estimate of drug-likeness (QED) is 0.793. The van der Waals surface area contributed by atoms with Crippen molar-refractivity contribution in [3.05, 3.63) is 66.2 Å². The Morgan fingerprint density at radius 3 is 2.61 bits per heavy atom. The normalized spacial score (nSPS) is 10.5. The molecule has 1 amide bonds. The van der Waals surface area contributed by atoms with Crippen LogP contribution in [-0.2, 0) is 6.54 Å². The largest absolute Gasteiger partial charge is 0.481 e. The zero-order valence-electron chi connectivity index (χ0n) is 12.6. The fourth-order valence-corrected chi connectivity index (χ4v) is 2.43. The van der Waals surface area contributed by atoms with Crippen molar-refractivity contribution in [1.82, 2.24) is 4.98 Å². The Balaban J connectivity index is 1.93. The predicted molar refractivity (Wildman–Crippen MR) is 88.9 cm³/mol. The van der Waals surface area contributed by atoms with Crippen LogP contribution in [0.3, 0.4) is 0 Å². The summed E-state index contributed by atoms with van der Waals surface area (Å²) >= 11 is 0. The highest BCUT2D eigenvalue weighted by Crippen LogP contribution is 2.21. The van der Waals surface area contributed by atoms with Crippen LogP contribution < -0.4 is 9.64 Å². The van der Waals surface area contributed by atoms with Crippen LogP contribution in [-0.4, -0.2) is 23.3 Å². The number of carboxylic acid groups (broad SMARTS) is 1. The van der Waals surface area contributed by atoms with E-state index in [9.17, 15) is 9.90 Å². The van der Waals surface area contributed by atoms with E-state index >= 15 is 0 Å². The second kappa shape index (κ2) is 6.36. The molecule has 0 saturated carbocycles. The third kappa shape index (κ3) is 3.23. The van der Waals surface area contributed by atoms with Crippen LogP contribution in [0.2, 0.25) is 0 Å². The highest BCUT2D eigenvalue weighted by molar-refractivity contribution is 5.86. The molecule has 0 bridgehead atoms. The number of amides is 1. The number of hydrogen-bond donors (Lipinski definition) is 1. The second-order valence-corrected chi connectivity index (χ2v) is 5.09. The lowest BCUT2D eigenvalue weighted by molar-refractivity contribution is 0.201. The average molecular weight is 308 g/mol. The van der Waals surface area contributed by atoms with Gasteiger partial charge in [-0.25, -0.2) is 4.79 Å². The number of benzene rings is 2. The molecular weight excluding hydrogens is 292 g/mol. The Labute approximate surface area is 133 Å². The maximum absolute atomic E-state index is 11.6. The average Bonchev–Trinajstić information content (AvgIpc) is 2.59. The number of rotatable bonds is 4. The lowest BCUT2D eigenvalue weighted by Gasteiger charge is -2.19. The summed E-state index contributed by atoms with van der Waals surface area (Å²) in [5.74, 6) is 0.720. The van der Waals surface area contributed by atoms with Crippen molar-refractivity contribution in [1.29, 1.82) is 0 Å². The number of ether oxygens (including phenoxy) is 1. The summed E-state index contributed by atoms with van der Waals surface area (Å²) in [5, 5.41) is 11.7. The van der Waals surface area contributed by atoms with E-state index in [0.29, 0.717) is 11.7 Å². The molecule has 0 unspecified atom stereocenters. The summed E-state index contributed by atoms with van der Waals surface area (Å²) in [7, 11) is 1.50. The summed E-state index contributed by atoms with van der Waals surface area (Å²) in [4.78, 5) is 17.0. The van der Waals surface area contributed by atoms with Crippen LogP contribution in [0.15, 0.2) is 60.7 Å². The Kier molecular flexibility index (Phi) is 4.10. The first-order valence-corrected chi connectivity index (χ1v) is 7.16. The zero-order valence-corrected chi connectivity index (χ0v) is 12.6. The maximum Gasteiger partial charge on any atom is 0.413 e. The molecule has 0 saturated heterocycles. The molecule has 5 nitrogen and oxygen atoms in total. The van der Waals surface area contributed by atoms with Crippen LogP contribution in [0, 0.1) is 0 Å². The summed E-state index contributed by atoms with van der Waals surface area (Å²) in [6, 6.07) is 18.9. The third-order valence-electron chi connectivity index (χ3n) is 3.58. The SMILES string of the molecule is COc1cccc(N(Cc2ccc3ccccc3c2)C(=O)O)n1. The standard InChI is InChI=1S/C18H16N2O3/c1-23-17-8-4-7-16(19-17)20(18(21)22)12-13-9-10-14-5-2-3-6-15(14)11-13/h2-11H,12H2,1H3,(H,21,22). The molecule has 1 aromatic heterocycles. The fraction of sp³-hybridized carbons (Fsp3) is 0.111. The van der Waals surface area contributed by atoms with Gasteiger partial charge in [-0.1, -0.05) is 42.5 Å². The van der Waals surface area contributed by atoms with Gasteiger partial charge in [0.05, 0.1) is 13.7 Å². The van der Waals surface area contributed by atoms with E-state index in [2.05, 4.69) is 4.98 Å². The molecule has 1 heterocycles. The Hall–Kier alpha value is -3.08. The highest BCUT2D eigenvalue weighted by atomic mass is 16.5. The second-order valence-electron chi connectivity index (χ2n) is 5.09. The predicted octanol–water partition coefficient (Wildman–Crippen LogP) is 3.93. The number of fused-ring (bicyclic) bond motifs is 1. The first kappa shape index (κ1) is 14.8. The van der Waals surface area contributed by atoms with Crippen LogP contribution in [0.1, 0.15) is 5.56 Å². The topological polar surface area (TPSA) is 62.7 Å². The molecule has 0 atom stereocenters. The van der Waals surface area contributed by atoms with Crippen molar-refractivity contribution in [2.45, 2.75) is 6.54 Å². The number of aromatic nitrogens is 1. The van der Waals surface area contributed by atoms with Crippen LogP contribution in [0.5, 0.6) is 5.88 Å². The molecule has 5 heteroatoms. The molecule has 3 aromatic rings. The van der Waals surface area contributed by atoms with Gasteiger partial charge in [-0.2, -0.15) is 4.98 Å². The minimum atomic E-state index is -1.06. The van der Waals surface area contributed by atoms with E-state index in [1.807, 2.05) is 42.5 Å². The molecule has 116 valence electrons. The molecule has 0 fully saturated rings. The minimum absolute atomic E-state index is 0.223. The lowest BCUT2D eigenvalue weighted by Crippen LogP contribution is -2.29. The van der Waals surface area contributed by atoms with Crippen LogP contribution in [0.25, 0.3) is 10.8 Å².